The molecule has 0 spiro atoms. The molecule has 0 saturated heterocycles. The minimum Gasteiger partial charge on any atom is -0.478 e. The Morgan fingerprint density at radius 1 is 1.18 bits per heavy atom. The van der Waals surface area contributed by atoms with Crippen LogP contribution >= 0.6 is 0 Å². The molecule has 1 N–H and O–H groups in total. The number of imidazole rings is 1. The standard InChI is InChI=1S/C23H23F8N5O2/c1-13(36(12-18(24)25)21(37)34-17(23(29,30)31)6-7-22(26,27)28)14-4-3-5-15(10-14)16-11-35-9-8-32-19(35)20(33-16)38-2/h3-5,8-11,13,17-18H,6-7,12H2,1-2H3,(H,34,37)/t13?,17-/m0/s1. The average Bonchev–Trinajstić information content (AvgIpc) is 3.31. The van der Waals surface area contributed by atoms with Crippen molar-refractivity contribution in [2.75, 3.05) is 13.7 Å². The van der Waals surface area contributed by atoms with Crippen LogP contribution in [0.15, 0.2) is 42.9 Å². The van der Waals surface area contributed by atoms with Gasteiger partial charge in [-0.25, -0.2) is 23.5 Å². The summed E-state index contributed by atoms with van der Waals surface area (Å²) in [6.07, 6.45) is -11.8. The molecule has 0 saturated carbocycles. The van der Waals surface area contributed by atoms with E-state index < -0.39 is 56.3 Å². The zero-order chi connectivity index (χ0) is 28.3. The highest BCUT2D eigenvalue weighted by Gasteiger charge is 2.44. The molecule has 3 rings (SSSR count). The van der Waals surface area contributed by atoms with E-state index in [-0.39, 0.29) is 11.4 Å². The van der Waals surface area contributed by atoms with Crippen LogP contribution in [0.1, 0.15) is 31.4 Å². The van der Waals surface area contributed by atoms with Gasteiger partial charge in [-0.1, -0.05) is 18.2 Å². The van der Waals surface area contributed by atoms with Crippen LogP contribution < -0.4 is 10.1 Å². The van der Waals surface area contributed by atoms with Crippen LogP contribution in [0.25, 0.3) is 16.9 Å². The molecule has 15 heteroatoms. The molecule has 208 valence electrons. The largest absolute Gasteiger partial charge is 0.478 e. The second-order valence-electron chi connectivity index (χ2n) is 8.34. The number of hydrogen-bond acceptors (Lipinski definition) is 4. The fourth-order valence-electron chi connectivity index (χ4n) is 3.74. The topological polar surface area (TPSA) is 71.8 Å². The average molecular weight is 553 g/mol. The molecule has 2 aromatic heterocycles. The molecular formula is C23H23F8N5O2. The van der Waals surface area contributed by atoms with Gasteiger partial charge < -0.3 is 19.4 Å². The minimum absolute atomic E-state index is 0.196. The molecule has 38 heavy (non-hydrogen) atoms. The van der Waals surface area contributed by atoms with E-state index in [1.165, 1.54) is 43.7 Å². The van der Waals surface area contributed by atoms with Crippen molar-refractivity contribution in [1.82, 2.24) is 24.6 Å². The molecule has 0 aliphatic rings. The van der Waals surface area contributed by atoms with Crippen molar-refractivity contribution in [3.63, 3.8) is 0 Å². The molecule has 0 radical (unpaired) electrons. The first kappa shape index (κ1) is 28.9. The molecular weight excluding hydrogens is 530 g/mol. The predicted molar refractivity (Wildman–Crippen MR) is 120 cm³/mol. The van der Waals surface area contributed by atoms with E-state index in [9.17, 15) is 39.9 Å². The van der Waals surface area contributed by atoms with E-state index in [0.29, 0.717) is 21.8 Å². The summed E-state index contributed by atoms with van der Waals surface area (Å²) in [6, 6.07) is 0.507. The number of urea groups is 1. The number of benzene rings is 1. The predicted octanol–water partition coefficient (Wildman–Crippen LogP) is 6.02. The van der Waals surface area contributed by atoms with Crippen molar-refractivity contribution < 1.29 is 44.7 Å². The zero-order valence-corrected chi connectivity index (χ0v) is 20.0. The van der Waals surface area contributed by atoms with Crippen LogP contribution in [0.2, 0.25) is 0 Å². The molecule has 2 atom stereocenters. The van der Waals surface area contributed by atoms with Gasteiger partial charge in [0, 0.05) is 30.6 Å². The Hall–Kier alpha value is -3.65. The summed E-state index contributed by atoms with van der Waals surface area (Å²) < 4.78 is 111. The SMILES string of the molecule is COc1nc(-c2cccc(C(C)N(CC(F)F)C(=O)N[C@@H](CCC(F)(F)F)C(F)(F)F)c2)cn2ccnc12. The number of rotatable bonds is 9. The first-order valence-corrected chi connectivity index (χ1v) is 11.2. The molecule has 0 aliphatic carbocycles. The molecule has 0 aliphatic heterocycles. The van der Waals surface area contributed by atoms with Crippen molar-refractivity contribution in [2.24, 2.45) is 0 Å². The summed E-state index contributed by atoms with van der Waals surface area (Å²) in [5.74, 6) is 0.196. The lowest BCUT2D eigenvalue weighted by Gasteiger charge is -2.32. The summed E-state index contributed by atoms with van der Waals surface area (Å²) in [5, 5.41) is 1.45. The lowest BCUT2D eigenvalue weighted by molar-refractivity contribution is -0.171. The molecule has 7 nitrogen and oxygen atoms in total. The van der Waals surface area contributed by atoms with E-state index >= 15 is 0 Å². The fraction of sp³-hybridized carbons (Fsp3) is 0.435. The number of nitrogens with one attached hydrogen (secondary N) is 1. The first-order chi connectivity index (χ1) is 17.7. The molecule has 2 amide bonds. The molecule has 3 aromatic rings. The highest BCUT2D eigenvalue weighted by Crippen LogP contribution is 2.31. The number of carbonyl (C=O) groups is 1. The van der Waals surface area contributed by atoms with Crippen LogP contribution in [0.4, 0.5) is 39.9 Å². The Labute approximate surface area is 211 Å². The van der Waals surface area contributed by atoms with E-state index in [1.807, 2.05) is 0 Å². The van der Waals surface area contributed by atoms with E-state index in [4.69, 9.17) is 4.74 Å². The molecule has 1 aromatic carbocycles. The third-order valence-electron chi connectivity index (χ3n) is 5.67. The third kappa shape index (κ3) is 7.22. The Kier molecular flexibility index (Phi) is 8.67. The number of ether oxygens (including phenoxy) is 1. The van der Waals surface area contributed by atoms with E-state index in [2.05, 4.69) is 9.97 Å². The van der Waals surface area contributed by atoms with Gasteiger partial charge in [0.1, 0.15) is 6.04 Å². The number of halogens is 8. The van der Waals surface area contributed by atoms with Gasteiger partial charge in [0.2, 0.25) is 0 Å². The number of fused-ring (bicyclic) bond motifs is 1. The Bertz CT molecular complexity index is 1240. The lowest BCUT2D eigenvalue weighted by Crippen LogP contribution is -2.52. The van der Waals surface area contributed by atoms with Gasteiger partial charge in [-0.05, 0) is 25.0 Å². The number of nitrogens with zero attached hydrogens (tertiary/aromatic N) is 4. The highest BCUT2D eigenvalue weighted by molar-refractivity contribution is 5.75. The van der Waals surface area contributed by atoms with Gasteiger partial charge >= 0.3 is 18.4 Å². The number of alkyl halides is 8. The van der Waals surface area contributed by atoms with Crippen LogP contribution in [-0.4, -0.2) is 63.8 Å². The smallest absolute Gasteiger partial charge is 0.408 e. The quantitative estimate of drug-likeness (QED) is 0.329. The van der Waals surface area contributed by atoms with Gasteiger partial charge in [0.15, 0.2) is 5.65 Å². The second-order valence-corrected chi connectivity index (χ2v) is 8.34. The summed E-state index contributed by atoms with van der Waals surface area (Å²) in [6.45, 7) is 0.0562. The van der Waals surface area contributed by atoms with E-state index in [1.54, 1.807) is 22.9 Å². The number of aromatic nitrogens is 3. The Morgan fingerprint density at radius 2 is 1.89 bits per heavy atom. The number of methoxy groups -OCH3 is 1. The van der Waals surface area contributed by atoms with Gasteiger partial charge in [-0.2, -0.15) is 26.3 Å². The molecule has 2 heterocycles. The van der Waals surface area contributed by atoms with Crippen LogP contribution in [0.3, 0.4) is 0 Å². The Balaban J connectivity index is 1.90. The van der Waals surface area contributed by atoms with Crippen LogP contribution in [0, 0.1) is 0 Å². The summed E-state index contributed by atoms with van der Waals surface area (Å²) in [7, 11) is 1.39. The van der Waals surface area contributed by atoms with Crippen LogP contribution in [-0.2, 0) is 0 Å². The highest BCUT2D eigenvalue weighted by atomic mass is 19.4. The van der Waals surface area contributed by atoms with Crippen molar-refractivity contribution in [1.29, 1.82) is 0 Å². The zero-order valence-electron chi connectivity index (χ0n) is 20.0. The van der Waals surface area contributed by atoms with Crippen LogP contribution in [0.5, 0.6) is 5.88 Å². The number of hydrogen-bond donors (Lipinski definition) is 1. The summed E-state index contributed by atoms with van der Waals surface area (Å²) >= 11 is 0. The van der Waals surface area contributed by atoms with Crippen molar-refractivity contribution in [3.8, 4) is 17.1 Å². The maximum atomic E-state index is 13.3. The summed E-state index contributed by atoms with van der Waals surface area (Å²) in [4.78, 5) is 21.6. The van der Waals surface area contributed by atoms with Crippen molar-refractivity contribution in [3.05, 3.63) is 48.4 Å². The normalized spacial score (nSPS) is 14.0. The number of amides is 2. The van der Waals surface area contributed by atoms with Gasteiger partial charge in [-0.15, -0.1) is 0 Å². The monoisotopic (exact) mass is 553 g/mol. The minimum atomic E-state index is -5.22. The molecule has 0 bridgehead atoms. The van der Waals surface area contributed by atoms with Crippen molar-refractivity contribution in [2.45, 2.75) is 50.6 Å². The van der Waals surface area contributed by atoms with Gasteiger partial charge in [0.05, 0.1) is 25.4 Å². The Morgan fingerprint density at radius 3 is 2.50 bits per heavy atom. The fourth-order valence-corrected chi connectivity index (χ4v) is 3.74. The molecule has 1 unspecified atom stereocenters. The van der Waals surface area contributed by atoms with Gasteiger partial charge in [0.25, 0.3) is 12.3 Å². The second kappa shape index (κ2) is 11.4. The summed E-state index contributed by atoms with van der Waals surface area (Å²) in [5.41, 5.74) is 1.56. The third-order valence-corrected chi connectivity index (χ3v) is 5.67. The van der Waals surface area contributed by atoms with E-state index in [0.717, 1.165) is 0 Å². The maximum absolute atomic E-state index is 13.3. The maximum Gasteiger partial charge on any atom is 0.408 e. The lowest BCUT2D eigenvalue weighted by atomic mass is 10.0. The van der Waals surface area contributed by atoms with Gasteiger partial charge in [-0.3, -0.25) is 0 Å². The first-order valence-electron chi connectivity index (χ1n) is 11.2. The molecule has 0 fully saturated rings. The number of carbonyl (C=O) groups excluding carboxylic acids is 1. The van der Waals surface area contributed by atoms with Crippen molar-refractivity contribution >= 4 is 11.7 Å².